The normalized spacial score (nSPS) is 17.7. The fraction of sp³-hybridized carbons (Fsp3) is 0.600. The summed E-state index contributed by atoms with van der Waals surface area (Å²) in [5.74, 6) is 0. The van der Waals surface area contributed by atoms with Gasteiger partial charge in [-0.15, -0.1) is 0 Å². The number of benzene rings is 1. The molecular formula is C15H22ClNO2. The van der Waals surface area contributed by atoms with E-state index < -0.39 is 6.10 Å². The van der Waals surface area contributed by atoms with Gasteiger partial charge in [-0.05, 0) is 37.5 Å². The maximum absolute atomic E-state index is 9.61. The highest BCUT2D eigenvalue weighted by atomic mass is 35.5. The topological polar surface area (TPSA) is 43.7 Å². The van der Waals surface area contributed by atoms with Gasteiger partial charge >= 0.3 is 0 Å². The molecule has 3 nitrogen and oxygen atoms in total. The van der Waals surface area contributed by atoms with Gasteiger partial charge in [0.15, 0.2) is 0 Å². The van der Waals surface area contributed by atoms with Gasteiger partial charge < -0.3 is 15.1 Å². The molecule has 106 valence electrons. The van der Waals surface area contributed by atoms with Crippen molar-refractivity contribution >= 4 is 17.3 Å². The summed E-state index contributed by atoms with van der Waals surface area (Å²) in [6.45, 7) is 2.49. The second-order valence-corrected chi connectivity index (χ2v) is 5.64. The Hall–Kier alpha value is -0.770. The Bertz CT molecular complexity index is 417. The monoisotopic (exact) mass is 283 g/mol. The summed E-state index contributed by atoms with van der Waals surface area (Å²) in [6.07, 6.45) is 4.31. The van der Waals surface area contributed by atoms with E-state index in [9.17, 15) is 10.2 Å². The SMILES string of the molecule is CC(O)c1ccc(N(CCO)C2CCCC2)cc1Cl. The number of halogens is 1. The maximum Gasteiger partial charge on any atom is 0.0776 e. The second kappa shape index (κ2) is 6.60. The molecule has 2 N–H and O–H groups in total. The number of aliphatic hydroxyl groups is 2. The van der Waals surface area contributed by atoms with Gasteiger partial charge in [0.25, 0.3) is 0 Å². The standard InChI is InChI=1S/C15H22ClNO2/c1-11(19)14-7-6-13(10-15(14)16)17(8-9-18)12-4-2-3-5-12/h6-7,10-12,18-19H,2-5,8-9H2,1H3. The van der Waals surface area contributed by atoms with Crippen LogP contribution in [0.4, 0.5) is 5.69 Å². The zero-order valence-corrected chi connectivity index (χ0v) is 12.1. The van der Waals surface area contributed by atoms with Crippen LogP contribution in [-0.2, 0) is 0 Å². The number of aliphatic hydroxyl groups excluding tert-OH is 2. The molecule has 2 rings (SSSR count). The minimum atomic E-state index is -0.556. The third-order valence-electron chi connectivity index (χ3n) is 3.87. The van der Waals surface area contributed by atoms with Crippen molar-refractivity contribution in [3.8, 4) is 0 Å². The molecule has 0 radical (unpaired) electrons. The summed E-state index contributed by atoms with van der Waals surface area (Å²) in [5.41, 5.74) is 1.79. The lowest BCUT2D eigenvalue weighted by Gasteiger charge is -2.31. The molecule has 1 aliphatic rings. The van der Waals surface area contributed by atoms with Crippen molar-refractivity contribution < 1.29 is 10.2 Å². The van der Waals surface area contributed by atoms with Crippen LogP contribution in [0.15, 0.2) is 18.2 Å². The zero-order valence-electron chi connectivity index (χ0n) is 11.3. The number of hydrogen-bond donors (Lipinski definition) is 2. The zero-order chi connectivity index (χ0) is 13.8. The van der Waals surface area contributed by atoms with Gasteiger partial charge in [-0.25, -0.2) is 0 Å². The lowest BCUT2D eigenvalue weighted by Crippen LogP contribution is -2.35. The van der Waals surface area contributed by atoms with E-state index in [0.29, 0.717) is 17.6 Å². The molecule has 1 fully saturated rings. The molecule has 0 aliphatic heterocycles. The molecule has 1 aromatic rings. The Labute approximate surface area is 119 Å². The van der Waals surface area contributed by atoms with Gasteiger partial charge in [-0.2, -0.15) is 0 Å². The van der Waals surface area contributed by atoms with Crippen LogP contribution in [0.2, 0.25) is 5.02 Å². The molecular weight excluding hydrogens is 262 g/mol. The minimum absolute atomic E-state index is 0.145. The molecule has 4 heteroatoms. The Morgan fingerprint density at radius 2 is 2.05 bits per heavy atom. The third kappa shape index (κ3) is 3.41. The van der Waals surface area contributed by atoms with Crippen LogP contribution in [0.1, 0.15) is 44.3 Å². The molecule has 0 amide bonds. The van der Waals surface area contributed by atoms with Crippen molar-refractivity contribution in [3.05, 3.63) is 28.8 Å². The number of nitrogens with zero attached hydrogens (tertiary/aromatic N) is 1. The lowest BCUT2D eigenvalue weighted by atomic mass is 10.1. The highest BCUT2D eigenvalue weighted by molar-refractivity contribution is 6.31. The molecule has 0 heterocycles. The first-order valence-corrected chi connectivity index (χ1v) is 7.36. The van der Waals surface area contributed by atoms with Crippen LogP contribution in [0, 0.1) is 0 Å². The van der Waals surface area contributed by atoms with Crippen molar-refractivity contribution in [1.82, 2.24) is 0 Å². The smallest absolute Gasteiger partial charge is 0.0776 e. The van der Waals surface area contributed by atoms with Crippen molar-refractivity contribution in [2.24, 2.45) is 0 Å². The summed E-state index contributed by atoms with van der Waals surface area (Å²) < 4.78 is 0. The van der Waals surface area contributed by atoms with E-state index in [0.717, 1.165) is 11.3 Å². The largest absolute Gasteiger partial charge is 0.395 e. The highest BCUT2D eigenvalue weighted by Gasteiger charge is 2.23. The fourth-order valence-electron chi connectivity index (χ4n) is 2.88. The Balaban J connectivity index is 2.23. The predicted octanol–water partition coefficient (Wildman–Crippen LogP) is 3.13. The third-order valence-corrected chi connectivity index (χ3v) is 4.20. The average Bonchev–Trinajstić information content (AvgIpc) is 2.89. The number of anilines is 1. The van der Waals surface area contributed by atoms with Gasteiger partial charge in [-0.1, -0.05) is 30.5 Å². The maximum atomic E-state index is 9.61. The van der Waals surface area contributed by atoms with E-state index in [1.807, 2.05) is 18.2 Å². The van der Waals surface area contributed by atoms with Crippen LogP contribution >= 0.6 is 11.6 Å². The fourth-order valence-corrected chi connectivity index (χ4v) is 3.21. The molecule has 1 aliphatic carbocycles. The minimum Gasteiger partial charge on any atom is -0.395 e. The first kappa shape index (κ1) is 14.6. The van der Waals surface area contributed by atoms with Crippen molar-refractivity contribution in [1.29, 1.82) is 0 Å². The van der Waals surface area contributed by atoms with E-state index in [-0.39, 0.29) is 6.61 Å². The molecule has 1 unspecified atom stereocenters. The van der Waals surface area contributed by atoms with E-state index in [2.05, 4.69) is 4.90 Å². The Morgan fingerprint density at radius 1 is 1.37 bits per heavy atom. The summed E-state index contributed by atoms with van der Waals surface area (Å²) >= 11 is 6.23. The summed E-state index contributed by atoms with van der Waals surface area (Å²) in [4.78, 5) is 2.24. The van der Waals surface area contributed by atoms with Gasteiger partial charge in [0, 0.05) is 23.3 Å². The van der Waals surface area contributed by atoms with E-state index >= 15 is 0 Å². The molecule has 0 spiro atoms. The van der Waals surface area contributed by atoms with Crippen molar-refractivity contribution in [2.45, 2.75) is 44.8 Å². The Morgan fingerprint density at radius 3 is 2.58 bits per heavy atom. The Kier molecular flexibility index (Phi) is 5.08. The quantitative estimate of drug-likeness (QED) is 0.872. The van der Waals surface area contributed by atoms with Crippen molar-refractivity contribution in [3.63, 3.8) is 0 Å². The first-order valence-electron chi connectivity index (χ1n) is 6.98. The lowest BCUT2D eigenvalue weighted by molar-refractivity contribution is 0.199. The van der Waals surface area contributed by atoms with E-state index in [4.69, 9.17) is 11.6 Å². The number of rotatable bonds is 5. The molecule has 1 saturated carbocycles. The van der Waals surface area contributed by atoms with E-state index in [1.165, 1.54) is 25.7 Å². The van der Waals surface area contributed by atoms with Crippen LogP contribution in [-0.4, -0.2) is 29.4 Å². The molecule has 1 aromatic carbocycles. The second-order valence-electron chi connectivity index (χ2n) is 5.24. The highest BCUT2D eigenvalue weighted by Crippen LogP contribution is 2.32. The van der Waals surface area contributed by atoms with Crippen LogP contribution < -0.4 is 4.90 Å². The van der Waals surface area contributed by atoms with Crippen molar-refractivity contribution in [2.75, 3.05) is 18.1 Å². The van der Waals surface area contributed by atoms with Gasteiger partial charge in [-0.3, -0.25) is 0 Å². The average molecular weight is 284 g/mol. The van der Waals surface area contributed by atoms with Crippen LogP contribution in [0.5, 0.6) is 0 Å². The predicted molar refractivity (Wildman–Crippen MR) is 78.8 cm³/mol. The summed E-state index contributed by atoms with van der Waals surface area (Å²) in [7, 11) is 0. The first-order chi connectivity index (χ1) is 9.13. The number of hydrogen-bond acceptors (Lipinski definition) is 3. The summed E-state index contributed by atoms with van der Waals surface area (Å²) in [6, 6.07) is 6.27. The van der Waals surface area contributed by atoms with Crippen LogP contribution in [0.25, 0.3) is 0 Å². The molecule has 0 bridgehead atoms. The van der Waals surface area contributed by atoms with Gasteiger partial charge in [0.05, 0.1) is 12.7 Å². The molecule has 0 aromatic heterocycles. The van der Waals surface area contributed by atoms with Crippen LogP contribution in [0.3, 0.4) is 0 Å². The van der Waals surface area contributed by atoms with Gasteiger partial charge in [0.1, 0.15) is 0 Å². The molecule has 0 saturated heterocycles. The van der Waals surface area contributed by atoms with E-state index in [1.54, 1.807) is 6.92 Å². The molecule has 1 atom stereocenters. The molecule has 19 heavy (non-hydrogen) atoms. The summed E-state index contributed by atoms with van der Waals surface area (Å²) in [5, 5.41) is 19.5. The van der Waals surface area contributed by atoms with Gasteiger partial charge in [0.2, 0.25) is 0 Å².